The Hall–Kier alpha value is -2.46. The quantitative estimate of drug-likeness (QED) is 0.864. The zero-order valence-corrected chi connectivity index (χ0v) is 12.3. The standard InChI is InChI=1S/C17H12ClFN2O/c18-13-3-1-2-12(8-13)9-15-17(22)21-16(20-15)10-11-4-6-14(19)7-5-11/h1-9H,10H2,(H,20,21,22)/b15-9+. The van der Waals surface area contributed by atoms with E-state index >= 15 is 0 Å². The predicted molar refractivity (Wildman–Crippen MR) is 85.1 cm³/mol. The lowest BCUT2D eigenvalue weighted by atomic mass is 10.1. The molecule has 3 nitrogen and oxygen atoms in total. The molecule has 0 aliphatic carbocycles. The molecular formula is C17H12ClFN2O. The molecule has 0 bridgehead atoms. The topological polar surface area (TPSA) is 41.5 Å². The van der Waals surface area contributed by atoms with Gasteiger partial charge in [-0.25, -0.2) is 9.38 Å². The summed E-state index contributed by atoms with van der Waals surface area (Å²) in [4.78, 5) is 16.2. The van der Waals surface area contributed by atoms with E-state index in [4.69, 9.17) is 11.6 Å². The predicted octanol–water partition coefficient (Wildman–Crippen LogP) is 3.59. The number of carbonyl (C=O) groups excluding carboxylic acids is 1. The average Bonchev–Trinajstić information content (AvgIpc) is 2.81. The summed E-state index contributed by atoms with van der Waals surface area (Å²) >= 11 is 5.92. The fourth-order valence-electron chi connectivity index (χ4n) is 2.15. The molecule has 0 atom stereocenters. The summed E-state index contributed by atoms with van der Waals surface area (Å²) in [6.45, 7) is 0. The molecule has 1 N–H and O–H groups in total. The Morgan fingerprint density at radius 1 is 1.18 bits per heavy atom. The van der Waals surface area contributed by atoms with Crippen LogP contribution in [0, 0.1) is 5.82 Å². The highest BCUT2D eigenvalue weighted by atomic mass is 35.5. The van der Waals surface area contributed by atoms with Crippen LogP contribution in [0.1, 0.15) is 11.1 Å². The number of hydrogen-bond donors (Lipinski definition) is 1. The zero-order valence-electron chi connectivity index (χ0n) is 11.5. The molecule has 0 saturated carbocycles. The van der Waals surface area contributed by atoms with Crippen molar-refractivity contribution in [1.29, 1.82) is 0 Å². The van der Waals surface area contributed by atoms with E-state index in [1.165, 1.54) is 12.1 Å². The average molecular weight is 315 g/mol. The van der Waals surface area contributed by atoms with Crippen molar-refractivity contribution in [2.24, 2.45) is 4.99 Å². The maximum absolute atomic E-state index is 12.9. The summed E-state index contributed by atoms with van der Waals surface area (Å²) in [6, 6.07) is 13.3. The van der Waals surface area contributed by atoms with Crippen molar-refractivity contribution in [2.75, 3.05) is 0 Å². The van der Waals surface area contributed by atoms with E-state index in [9.17, 15) is 9.18 Å². The number of benzene rings is 2. The number of hydrogen-bond acceptors (Lipinski definition) is 2. The third-order valence-electron chi connectivity index (χ3n) is 3.18. The maximum atomic E-state index is 12.9. The first-order chi connectivity index (χ1) is 10.6. The van der Waals surface area contributed by atoms with E-state index in [2.05, 4.69) is 10.3 Å². The summed E-state index contributed by atoms with van der Waals surface area (Å²) in [5.41, 5.74) is 2.02. The minimum Gasteiger partial charge on any atom is -0.308 e. The second kappa shape index (κ2) is 6.12. The summed E-state index contributed by atoms with van der Waals surface area (Å²) in [7, 11) is 0. The molecule has 1 aliphatic rings. The van der Waals surface area contributed by atoms with Gasteiger partial charge < -0.3 is 5.32 Å². The lowest BCUT2D eigenvalue weighted by molar-refractivity contribution is -0.115. The molecular weight excluding hydrogens is 303 g/mol. The molecule has 22 heavy (non-hydrogen) atoms. The molecule has 0 fully saturated rings. The summed E-state index contributed by atoms with van der Waals surface area (Å²) < 4.78 is 12.9. The summed E-state index contributed by atoms with van der Waals surface area (Å²) in [5.74, 6) is 0.00432. The van der Waals surface area contributed by atoms with Gasteiger partial charge in [-0.05, 0) is 41.5 Å². The second-order valence-corrected chi connectivity index (χ2v) is 5.34. The first-order valence-corrected chi connectivity index (χ1v) is 7.08. The summed E-state index contributed by atoms with van der Waals surface area (Å²) in [5, 5.41) is 3.32. The third kappa shape index (κ3) is 3.40. The highest BCUT2D eigenvalue weighted by Gasteiger charge is 2.19. The molecule has 1 amide bonds. The number of nitrogens with one attached hydrogen (secondary N) is 1. The van der Waals surface area contributed by atoms with Crippen LogP contribution in [-0.4, -0.2) is 11.7 Å². The first kappa shape index (κ1) is 14.5. The van der Waals surface area contributed by atoms with Gasteiger partial charge in [-0.3, -0.25) is 4.79 Å². The minimum absolute atomic E-state index is 0.253. The highest BCUT2D eigenvalue weighted by Crippen LogP contribution is 2.17. The van der Waals surface area contributed by atoms with Gasteiger partial charge in [0.25, 0.3) is 5.91 Å². The van der Waals surface area contributed by atoms with Crippen LogP contribution in [0.5, 0.6) is 0 Å². The molecule has 2 aromatic rings. The lowest BCUT2D eigenvalue weighted by Crippen LogP contribution is -2.25. The normalized spacial score (nSPS) is 15.8. The number of rotatable bonds is 3. The van der Waals surface area contributed by atoms with Crippen molar-refractivity contribution in [3.05, 3.63) is 76.2 Å². The molecule has 110 valence electrons. The van der Waals surface area contributed by atoms with Gasteiger partial charge >= 0.3 is 0 Å². The molecule has 2 aromatic carbocycles. The van der Waals surface area contributed by atoms with Gasteiger partial charge in [-0.1, -0.05) is 35.9 Å². The van der Waals surface area contributed by atoms with Crippen molar-refractivity contribution in [3.63, 3.8) is 0 Å². The number of carbonyl (C=O) groups is 1. The van der Waals surface area contributed by atoms with Crippen molar-refractivity contribution >= 4 is 29.4 Å². The third-order valence-corrected chi connectivity index (χ3v) is 3.42. The van der Waals surface area contributed by atoms with Gasteiger partial charge in [0, 0.05) is 11.4 Å². The van der Waals surface area contributed by atoms with E-state index < -0.39 is 0 Å². The van der Waals surface area contributed by atoms with Gasteiger partial charge in [-0.2, -0.15) is 0 Å². The summed E-state index contributed by atoms with van der Waals surface area (Å²) in [6.07, 6.45) is 2.12. The molecule has 0 unspecified atom stereocenters. The van der Waals surface area contributed by atoms with Crippen molar-refractivity contribution < 1.29 is 9.18 Å². The van der Waals surface area contributed by atoms with E-state index in [1.54, 1.807) is 30.3 Å². The van der Waals surface area contributed by atoms with Gasteiger partial charge in [-0.15, -0.1) is 0 Å². The Bertz CT molecular complexity index is 782. The highest BCUT2D eigenvalue weighted by molar-refractivity contribution is 6.30. The van der Waals surface area contributed by atoms with Crippen LogP contribution in [0.3, 0.4) is 0 Å². The van der Waals surface area contributed by atoms with Crippen molar-refractivity contribution in [3.8, 4) is 0 Å². The number of amides is 1. The van der Waals surface area contributed by atoms with Crippen LogP contribution in [0.4, 0.5) is 4.39 Å². The molecule has 3 rings (SSSR count). The fourth-order valence-corrected chi connectivity index (χ4v) is 2.35. The van der Waals surface area contributed by atoms with E-state index in [0.717, 1.165) is 11.1 Å². The SMILES string of the molecule is O=C1NC(Cc2ccc(F)cc2)=N/C1=C/c1cccc(Cl)c1. The van der Waals surface area contributed by atoms with E-state index in [1.807, 2.05) is 12.1 Å². The van der Waals surface area contributed by atoms with Crippen LogP contribution < -0.4 is 5.32 Å². The smallest absolute Gasteiger partial charge is 0.275 e. The van der Waals surface area contributed by atoms with Crippen LogP contribution >= 0.6 is 11.6 Å². The lowest BCUT2D eigenvalue weighted by Gasteiger charge is -2.00. The molecule has 5 heteroatoms. The van der Waals surface area contributed by atoms with Gasteiger partial charge in [0.1, 0.15) is 17.3 Å². The van der Waals surface area contributed by atoms with Crippen LogP contribution in [0.15, 0.2) is 59.2 Å². The van der Waals surface area contributed by atoms with Gasteiger partial charge in [0.15, 0.2) is 0 Å². The number of amidine groups is 1. The Kier molecular flexibility index (Phi) is 4.02. The molecule has 0 spiro atoms. The largest absolute Gasteiger partial charge is 0.308 e. The van der Waals surface area contributed by atoms with E-state index in [-0.39, 0.29) is 11.7 Å². The van der Waals surface area contributed by atoms with Crippen LogP contribution in [0.2, 0.25) is 5.02 Å². The Balaban J connectivity index is 1.80. The Labute approximate surface area is 132 Å². The molecule has 0 radical (unpaired) electrons. The Morgan fingerprint density at radius 3 is 2.68 bits per heavy atom. The zero-order chi connectivity index (χ0) is 15.5. The van der Waals surface area contributed by atoms with Crippen molar-refractivity contribution in [1.82, 2.24) is 5.32 Å². The molecule has 0 saturated heterocycles. The van der Waals surface area contributed by atoms with Crippen molar-refractivity contribution in [2.45, 2.75) is 6.42 Å². The minimum atomic E-state index is -0.289. The van der Waals surface area contributed by atoms with Crippen LogP contribution in [0.25, 0.3) is 6.08 Å². The maximum Gasteiger partial charge on any atom is 0.275 e. The number of aliphatic imine (C=N–C) groups is 1. The van der Waals surface area contributed by atoms with Crippen LogP contribution in [-0.2, 0) is 11.2 Å². The van der Waals surface area contributed by atoms with Gasteiger partial charge in [0.2, 0.25) is 0 Å². The monoisotopic (exact) mass is 314 g/mol. The first-order valence-electron chi connectivity index (χ1n) is 6.71. The van der Waals surface area contributed by atoms with E-state index in [0.29, 0.717) is 23.0 Å². The molecule has 1 aliphatic heterocycles. The molecule has 0 aromatic heterocycles. The Morgan fingerprint density at radius 2 is 1.95 bits per heavy atom. The fraction of sp³-hybridized carbons (Fsp3) is 0.0588. The number of halogens is 2. The second-order valence-electron chi connectivity index (χ2n) is 4.90. The van der Waals surface area contributed by atoms with Gasteiger partial charge in [0.05, 0.1) is 0 Å². The number of nitrogens with zero attached hydrogens (tertiary/aromatic N) is 1. The molecule has 1 heterocycles.